The van der Waals surface area contributed by atoms with Gasteiger partial charge < -0.3 is 10.2 Å². The van der Waals surface area contributed by atoms with Crippen LogP contribution in [0.25, 0.3) is 0 Å². The van der Waals surface area contributed by atoms with Crippen molar-refractivity contribution in [2.45, 2.75) is 6.42 Å². The standard InChI is InChI=1S/C11H14BrN3O/c12-10-3-2-9(8-14-10)11(16)15-6-1-4-13-5-7-15/h2-3,8,13H,1,4-7H2. The highest BCUT2D eigenvalue weighted by Crippen LogP contribution is 2.09. The van der Waals surface area contributed by atoms with Crippen molar-refractivity contribution in [3.8, 4) is 0 Å². The predicted octanol–water partition coefficient (Wildman–Crippen LogP) is 1.28. The Morgan fingerprint density at radius 2 is 2.25 bits per heavy atom. The Bertz CT molecular complexity index is 358. The zero-order chi connectivity index (χ0) is 11.4. The maximum Gasteiger partial charge on any atom is 0.255 e. The molecule has 0 spiro atoms. The van der Waals surface area contributed by atoms with Crippen LogP contribution in [0, 0.1) is 0 Å². The molecule has 0 saturated carbocycles. The molecule has 0 aromatic carbocycles. The quantitative estimate of drug-likeness (QED) is 0.790. The number of pyridine rings is 1. The fourth-order valence-corrected chi connectivity index (χ4v) is 1.97. The van der Waals surface area contributed by atoms with Crippen LogP contribution in [0.5, 0.6) is 0 Å². The molecule has 1 aliphatic heterocycles. The van der Waals surface area contributed by atoms with Gasteiger partial charge in [0.15, 0.2) is 0 Å². The van der Waals surface area contributed by atoms with Crippen molar-refractivity contribution >= 4 is 21.8 Å². The summed E-state index contributed by atoms with van der Waals surface area (Å²) in [5.41, 5.74) is 0.658. The molecule has 2 heterocycles. The van der Waals surface area contributed by atoms with Gasteiger partial charge in [0, 0.05) is 25.8 Å². The summed E-state index contributed by atoms with van der Waals surface area (Å²) in [6, 6.07) is 3.60. The molecule has 16 heavy (non-hydrogen) atoms. The number of hydrogen-bond donors (Lipinski definition) is 1. The molecule has 1 aliphatic rings. The van der Waals surface area contributed by atoms with Gasteiger partial charge in [-0.05, 0) is 41.0 Å². The number of amides is 1. The summed E-state index contributed by atoms with van der Waals surface area (Å²) in [5, 5.41) is 3.28. The summed E-state index contributed by atoms with van der Waals surface area (Å²) >= 11 is 3.26. The van der Waals surface area contributed by atoms with Crippen LogP contribution in [0.3, 0.4) is 0 Å². The van der Waals surface area contributed by atoms with Gasteiger partial charge in [0.1, 0.15) is 4.60 Å². The van der Waals surface area contributed by atoms with E-state index in [0.717, 1.165) is 37.2 Å². The van der Waals surface area contributed by atoms with Gasteiger partial charge in [-0.3, -0.25) is 4.79 Å². The second-order valence-electron chi connectivity index (χ2n) is 3.77. The van der Waals surface area contributed by atoms with Gasteiger partial charge in [-0.25, -0.2) is 4.98 Å². The Kier molecular flexibility index (Phi) is 3.90. The molecule has 1 amide bonds. The molecule has 1 saturated heterocycles. The SMILES string of the molecule is O=C(c1ccc(Br)nc1)N1CCCNCC1. The summed E-state index contributed by atoms with van der Waals surface area (Å²) < 4.78 is 0.751. The highest BCUT2D eigenvalue weighted by atomic mass is 79.9. The first-order chi connectivity index (χ1) is 7.77. The van der Waals surface area contributed by atoms with Crippen LogP contribution < -0.4 is 5.32 Å². The number of nitrogens with zero attached hydrogens (tertiary/aromatic N) is 2. The van der Waals surface area contributed by atoms with Crippen LogP contribution >= 0.6 is 15.9 Å². The van der Waals surface area contributed by atoms with E-state index in [0.29, 0.717) is 5.56 Å². The van der Waals surface area contributed by atoms with Crippen LogP contribution in [-0.4, -0.2) is 42.0 Å². The van der Waals surface area contributed by atoms with E-state index in [1.54, 1.807) is 18.3 Å². The van der Waals surface area contributed by atoms with Crippen LogP contribution in [0.1, 0.15) is 16.8 Å². The van der Waals surface area contributed by atoms with E-state index >= 15 is 0 Å². The molecule has 1 fully saturated rings. The number of carbonyl (C=O) groups is 1. The summed E-state index contributed by atoms with van der Waals surface area (Å²) in [6.07, 6.45) is 2.63. The molecular formula is C11H14BrN3O. The van der Waals surface area contributed by atoms with E-state index in [1.165, 1.54) is 0 Å². The van der Waals surface area contributed by atoms with Gasteiger partial charge in [-0.1, -0.05) is 0 Å². The van der Waals surface area contributed by atoms with Crippen LogP contribution in [0.4, 0.5) is 0 Å². The zero-order valence-corrected chi connectivity index (χ0v) is 10.5. The number of rotatable bonds is 1. The molecule has 1 aromatic heterocycles. The molecule has 0 unspecified atom stereocenters. The number of aromatic nitrogens is 1. The first-order valence-corrected chi connectivity index (χ1v) is 6.18. The second kappa shape index (κ2) is 5.41. The lowest BCUT2D eigenvalue weighted by Gasteiger charge is -2.19. The maximum atomic E-state index is 12.1. The highest BCUT2D eigenvalue weighted by Gasteiger charge is 2.16. The molecule has 0 aliphatic carbocycles. The minimum absolute atomic E-state index is 0.0729. The summed E-state index contributed by atoms with van der Waals surface area (Å²) in [7, 11) is 0. The van der Waals surface area contributed by atoms with E-state index < -0.39 is 0 Å². The molecule has 5 heteroatoms. The van der Waals surface area contributed by atoms with Crippen LogP contribution in [0.15, 0.2) is 22.9 Å². The van der Waals surface area contributed by atoms with Gasteiger partial charge in [0.25, 0.3) is 5.91 Å². The number of hydrogen-bond acceptors (Lipinski definition) is 3. The Labute approximate surface area is 103 Å². The van der Waals surface area contributed by atoms with Crippen molar-refractivity contribution in [3.05, 3.63) is 28.5 Å². The largest absolute Gasteiger partial charge is 0.337 e. The molecule has 2 rings (SSSR count). The van der Waals surface area contributed by atoms with Gasteiger partial charge in [-0.15, -0.1) is 0 Å². The summed E-state index contributed by atoms with van der Waals surface area (Å²) in [5.74, 6) is 0.0729. The molecule has 4 nitrogen and oxygen atoms in total. The summed E-state index contributed by atoms with van der Waals surface area (Å²) in [4.78, 5) is 18.1. The van der Waals surface area contributed by atoms with Gasteiger partial charge in [0.2, 0.25) is 0 Å². The van der Waals surface area contributed by atoms with E-state index in [4.69, 9.17) is 0 Å². The van der Waals surface area contributed by atoms with Crippen molar-refractivity contribution in [3.63, 3.8) is 0 Å². The summed E-state index contributed by atoms with van der Waals surface area (Å²) in [6.45, 7) is 3.45. The van der Waals surface area contributed by atoms with E-state index in [-0.39, 0.29) is 5.91 Å². The molecule has 0 bridgehead atoms. The number of carbonyl (C=O) groups excluding carboxylic acids is 1. The highest BCUT2D eigenvalue weighted by molar-refractivity contribution is 9.10. The Morgan fingerprint density at radius 1 is 1.38 bits per heavy atom. The molecule has 1 N–H and O–H groups in total. The lowest BCUT2D eigenvalue weighted by Crippen LogP contribution is -2.34. The van der Waals surface area contributed by atoms with Crippen molar-refractivity contribution in [1.29, 1.82) is 0 Å². The molecule has 0 radical (unpaired) electrons. The third-order valence-corrected chi connectivity index (χ3v) is 3.07. The first kappa shape index (κ1) is 11.5. The van der Waals surface area contributed by atoms with Crippen molar-refractivity contribution < 1.29 is 4.79 Å². The molecule has 1 aromatic rings. The van der Waals surface area contributed by atoms with E-state index in [2.05, 4.69) is 26.2 Å². The average Bonchev–Trinajstić information content (AvgIpc) is 2.57. The zero-order valence-electron chi connectivity index (χ0n) is 8.95. The number of nitrogens with one attached hydrogen (secondary N) is 1. The predicted molar refractivity (Wildman–Crippen MR) is 65.3 cm³/mol. The molecule has 86 valence electrons. The fraction of sp³-hybridized carbons (Fsp3) is 0.455. The van der Waals surface area contributed by atoms with Crippen molar-refractivity contribution in [2.24, 2.45) is 0 Å². The maximum absolute atomic E-state index is 12.1. The third kappa shape index (κ3) is 2.80. The molecular weight excluding hydrogens is 270 g/mol. The Hall–Kier alpha value is -0.940. The monoisotopic (exact) mass is 283 g/mol. The Morgan fingerprint density at radius 3 is 3.00 bits per heavy atom. The van der Waals surface area contributed by atoms with Gasteiger partial charge in [0.05, 0.1) is 5.56 Å². The topological polar surface area (TPSA) is 45.2 Å². The third-order valence-electron chi connectivity index (χ3n) is 2.60. The smallest absolute Gasteiger partial charge is 0.255 e. The normalized spacial score (nSPS) is 16.9. The average molecular weight is 284 g/mol. The lowest BCUT2D eigenvalue weighted by molar-refractivity contribution is 0.0766. The van der Waals surface area contributed by atoms with Gasteiger partial charge >= 0.3 is 0 Å². The van der Waals surface area contributed by atoms with Gasteiger partial charge in [-0.2, -0.15) is 0 Å². The lowest BCUT2D eigenvalue weighted by atomic mass is 10.2. The number of halogens is 1. The van der Waals surface area contributed by atoms with Crippen molar-refractivity contribution in [1.82, 2.24) is 15.2 Å². The van der Waals surface area contributed by atoms with Crippen molar-refractivity contribution in [2.75, 3.05) is 26.2 Å². The minimum atomic E-state index is 0.0729. The van der Waals surface area contributed by atoms with E-state index in [9.17, 15) is 4.79 Å². The first-order valence-electron chi connectivity index (χ1n) is 5.39. The van der Waals surface area contributed by atoms with Crippen LogP contribution in [0.2, 0.25) is 0 Å². The molecule has 0 atom stereocenters. The minimum Gasteiger partial charge on any atom is -0.337 e. The van der Waals surface area contributed by atoms with E-state index in [1.807, 2.05) is 4.90 Å². The van der Waals surface area contributed by atoms with Crippen LogP contribution in [-0.2, 0) is 0 Å². The second-order valence-corrected chi connectivity index (χ2v) is 4.58. The fourth-order valence-electron chi connectivity index (χ4n) is 1.73. The Balaban J connectivity index is 2.08.